The van der Waals surface area contributed by atoms with Crippen molar-refractivity contribution in [2.75, 3.05) is 36.4 Å². The largest absolute Gasteiger partial charge is 0.497 e. The molecule has 1 unspecified atom stereocenters. The minimum absolute atomic E-state index is 0.119. The van der Waals surface area contributed by atoms with Crippen LogP contribution in [0.25, 0.3) is 0 Å². The molecule has 15 heteroatoms. The van der Waals surface area contributed by atoms with Crippen LogP contribution in [-0.2, 0) is 28.2 Å². The van der Waals surface area contributed by atoms with E-state index in [-0.39, 0.29) is 36.8 Å². The number of aliphatic hydroxyl groups is 1. The molecule has 1 fully saturated rings. The second-order valence-corrected chi connectivity index (χ2v) is 20.6. The number of methoxy groups -OCH3 is 2. The summed E-state index contributed by atoms with van der Waals surface area (Å²) in [5.74, 6) is -0.733. The molecule has 5 atom stereocenters. The Morgan fingerprint density at radius 1 is 0.859 bits per heavy atom. The molecule has 0 bridgehead atoms. The zero-order valence-electron chi connectivity index (χ0n) is 36.3. The number of aromatic nitrogens is 3. The maximum Gasteiger partial charge on any atom is 0.264 e. The molecule has 0 radical (unpaired) electrons. The number of halogens is 1. The number of fused-ring (bicyclic) bond motifs is 2. The molecule has 1 spiro atoms. The summed E-state index contributed by atoms with van der Waals surface area (Å²) in [5.41, 5.74) is 3.00. The van der Waals surface area contributed by atoms with Crippen molar-refractivity contribution in [1.29, 1.82) is 0 Å². The average Bonchev–Trinajstić information content (AvgIpc) is 3.96. The average molecular weight is 883 g/mol. The summed E-state index contributed by atoms with van der Waals surface area (Å²) in [4.78, 5) is 43.7. The van der Waals surface area contributed by atoms with Gasteiger partial charge in [-0.05, 0) is 110 Å². The van der Waals surface area contributed by atoms with Gasteiger partial charge in [0.2, 0.25) is 8.41 Å². The van der Waals surface area contributed by atoms with Crippen molar-refractivity contribution in [1.82, 2.24) is 15.0 Å². The molecule has 3 amide bonds. The second kappa shape index (κ2) is 18.2. The lowest BCUT2D eigenvalue weighted by molar-refractivity contribution is -0.146. The Kier molecular flexibility index (Phi) is 12.5. The van der Waals surface area contributed by atoms with Crippen molar-refractivity contribution < 1.29 is 37.8 Å². The number of aliphatic hydroxyl groups excluding tert-OH is 1. The van der Waals surface area contributed by atoms with Gasteiger partial charge in [-0.15, -0.1) is 5.10 Å². The topological polar surface area (TPSA) is 157 Å². The molecule has 13 nitrogen and oxygen atoms in total. The van der Waals surface area contributed by atoms with Crippen LogP contribution in [0.2, 0.25) is 18.6 Å². The van der Waals surface area contributed by atoms with Gasteiger partial charge in [-0.2, -0.15) is 0 Å². The molecule has 330 valence electrons. The molecule has 1 aromatic heterocycles. The van der Waals surface area contributed by atoms with Crippen LogP contribution in [0.4, 0.5) is 21.2 Å². The molecule has 0 aliphatic carbocycles. The third-order valence-electron chi connectivity index (χ3n) is 12.4. The minimum atomic E-state index is -3.54. The molecule has 2 aliphatic rings. The van der Waals surface area contributed by atoms with Gasteiger partial charge in [0.1, 0.15) is 11.5 Å². The van der Waals surface area contributed by atoms with Gasteiger partial charge in [0.15, 0.2) is 5.60 Å². The Morgan fingerprint density at radius 3 is 2.08 bits per heavy atom. The van der Waals surface area contributed by atoms with Gasteiger partial charge >= 0.3 is 0 Å². The molecular weight excluding hydrogens is 832 g/mol. The molecule has 1 saturated heterocycles. The van der Waals surface area contributed by atoms with E-state index in [4.69, 9.17) is 14.2 Å². The number of ether oxygens (including phenoxy) is 3. The molecule has 3 N–H and O–H groups in total. The Bertz CT molecular complexity index is 2640. The molecular formula is C49H51FN6O7Si. The fourth-order valence-electron chi connectivity index (χ4n) is 9.27. The van der Waals surface area contributed by atoms with E-state index in [0.29, 0.717) is 63.9 Å². The number of nitrogens with zero attached hydrogens (tertiary/aromatic N) is 4. The van der Waals surface area contributed by atoms with E-state index >= 15 is 8.90 Å². The van der Waals surface area contributed by atoms with Gasteiger partial charge in [0.05, 0.1) is 50.8 Å². The van der Waals surface area contributed by atoms with Gasteiger partial charge < -0.3 is 39.0 Å². The highest BCUT2D eigenvalue weighted by atomic mass is 28.4. The number of hydrogen-bond acceptors (Lipinski definition) is 9. The van der Waals surface area contributed by atoms with Crippen molar-refractivity contribution >= 4 is 43.2 Å². The van der Waals surface area contributed by atoms with Crippen LogP contribution < -0.4 is 25.0 Å². The van der Waals surface area contributed by atoms with Crippen LogP contribution >= 0.6 is 0 Å². The van der Waals surface area contributed by atoms with Crippen LogP contribution in [0.15, 0.2) is 128 Å². The number of rotatable bonds is 15. The van der Waals surface area contributed by atoms with Crippen molar-refractivity contribution in [3.05, 3.63) is 161 Å². The summed E-state index contributed by atoms with van der Waals surface area (Å²) in [7, 11) is -0.429. The highest BCUT2D eigenvalue weighted by molar-refractivity contribution is 6.72. The molecule has 64 heavy (non-hydrogen) atoms. The van der Waals surface area contributed by atoms with Gasteiger partial charge in [-0.1, -0.05) is 54.6 Å². The number of nitrogens with one attached hydrogen (secondary N) is 2. The van der Waals surface area contributed by atoms with Crippen molar-refractivity contribution in [2.24, 2.45) is 5.92 Å². The standard InChI is InChI=1S/C49H51FN6O7Si/c1-31-45(64(4,5)50)44(24-25-55-29-42(53-54-55)40(30-57)33-11-7-6-8-12-33)63-49(31)41-27-37(52-47(59)35-16-21-39(62-3)22-17-35)18-23-43(41)56(48(49)60)28-32-10-9-13-36(26-32)51-46(58)34-14-19-38(61-2)20-15-34/h6-23,26-27,29,31,40,44-45,57H,24-25,28,30H2,1-5H3,(H,51,58)(H,52,59)/t31-,40?,44+,45-,49+/m0/s1. The first-order valence-electron chi connectivity index (χ1n) is 21.2. The van der Waals surface area contributed by atoms with Crippen molar-refractivity contribution in [3.8, 4) is 11.5 Å². The summed E-state index contributed by atoms with van der Waals surface area (Å²) in [6, 6.07) is 35.7. The number of amides is 3. The van der Waals surface area contributed by atoms with E-state index in [0.717, 1.165) is 11.1 Å². The first-order chi connectivity index (χ1) is 30.8. The minimum Gasteiger partial charge on any atom is -0.497 e. The summed E-state index contributed by atoms with van der Waals surface area (Å²) in [6.07, 6.45) is 1.45. The predicted molar refractivity (Wildman–Crippen MR) is 244 cm³/mol. The number of carbonyl (C=O) groups is 3. The van der Waals surface area contributed by atoms with Crippen LogP contribution in [-0.4, -0.2) is 73.2 Å². The van der Waals surface area contributed by atoms with E-state index in [9.17, 15) is 14.7 Å². The van der Waals surface area contributed by atoms with Crippen LogP contribution in [0.3, 0.4) is 0 Å². The Balaban J connectivity index is 1.11. The summed E-state index contributed by atoms with van der Waals surface area (Å²) >= 11 is 0. The summed E-state index contributed by atoms with van der Waals surface area (Å²) in [5, 5.41) is 24.9. The first-order valence-corrected chi connectivity index (χ1v) is 24.2. The van der Waals surface area contributed by atoms with Crippen LogP contribution in [0, 0.1) is 5.92 Å². The van der Waals surface area contributed by atoms with E-state index in [1.807, 2.05) is 55.5 Å². The van der Waals surface area contributed by atoms with Crippen LogP contribution in [0.5, 0.6) is 11.5 Å². The normalized spacial score (nSPS) is 19.6. The maximum atomic E-state index is 16.8. The van der Waals surface area contributed by atoms with E-state index in [2.05, 4.69) is 20.9 Å². The molecule has 3 heterocycles. The van der Waals surface area contributed by atoms with Crippen LogP contribution in [0.1, 0.15) is 62.4 Å². The number of aryl methyl sites for hydroxylation is 1. The summed E-state index contributed by atoms with van der Waals surface area (Å²) < 4.78 is 36.0. The van der Waals surface area contributed by atoms with Gasteiger partial charge in [-0.3, -0.25) is 19.1 Å². The first kappa shape index (κ1) is 43.9. The van der Waals surface area contributed by atoms with Gasteiger partial charge in [-0.25, -0.2) is 0 Å². The lowest BCUT2D eigenvalue weighted by Gasteiger charge is -2.31. The Hall–Kier alpha value is -6.68. The fourth-order valence-corrected chi connectivity index (χ4v) is 11.8. The smallest absolute Gasteiger partial charge is 0.264 e. The molecule has 6 aromatic rings. The lowest BCUT2D eigenvalue weighted by Crippen LogP contribution is -2.45. The van der Waals surface area contributed by atoms with E-state index < -0.39 is 31.6 Å². The number of benzene rings is 5. The van der Waals surface area contributed by atoms with Gasteiger partial charge in [0.25, 0.3) is 17.7 Å². The van der Waals surface area contributed by atoms with E-state index in [1.54, 1.807) is 116 Å². The number of anilines is 3. The second-order valence-electron chi connectivity index (χ2n) is 16.8. The molecule has 5 aromatic carbocycles. The lowest BCUT2D eigenvalue weighted by atomic mass is 9.82. The van der Waals surface area contributed by atoms with Crippen molar-refractivity contribution in [3.63, 3.8) is 0 Å². The molecule has 8 rings (SSSR count). The fraction of sp³-hybridized carbons (Fsp3) is 0.286. The maximum absolute atomic E-state index is 16.8. The zero-order valence-corrected chi connectivity index (χ0v) is 37.3. The quantitative estimate of drug-likeness (QED) is 0.0682. The highest BCUT2D eigenvalue weighted by Gasteiger charge is 2.66. The third kappa shape index (κ3) is 8.66. The highest BCUT2D eigenvalue weighted by Crippen LogP contribution is 2.60. The number of hydrogen-bond donors (Lipinski definition) is 3. The van der Waals surface area contributed by atoms with Gasteiger partial charge in [0, 0.05) is 52.3 Å². The Labute approximate surface area is 372 Å². The predicted octanol–water partition coefficient (Wildman–Crippen LogP) is 8.34. The zero-order chi connectivity index (χ0) is 45.2. The molecule has 0 saturated carbocycles. The van der Waals surface area contributed by atoms with E-state index in [1.165, 1.54) is 0 Å². The van der Waals surface area contributed by atoms with Crippen molar-refractivity contribution in [2.45, 2.75) is 62.7 Å². The SMILES string of the molecule is COc1ccc(C(=O)Nc2cccc(CN3C(=O)[C@]4(O[C@H](CCn5cc(C(CO)c6ccccc6)nn5)[C@@H]([Si](C)(C)F)[C@@H]4C)c4cc(NC(=O)c5ccc(OC)cc5)ccc43)c2)cc1. The third-order valence-corrected chi connectivity index (χ3v) is 14.8. The monoisotopic (exact) mass is 882 g/mol. The summed E-state index contributed by atoms with van der Waals surface area (Å²) in [6.45, 7) is 5.49. The Morgan fingerprint density at radius 2 is 1.48 bits per heavy atom. The number of carbonyl (C=O) groups excluding carboxylic acids is 3. The molecule has 2 aliphatic heterocycles.